The van der Waals surface area contributed by atoms with Gasteiger partial charge in [0, 0.05) is 13.2 Å². The molecule has 0 aliphatic rings. The van der Waals surface area contributed by atoms with Crippen LogP contribution in [0, 0.1) is 13.8 Å². The molecule has 24 heavy (non-hydrogen) atoms. The molecular weight excluding hydrogens is 328 g/mol. The Bertz CT molecular complexity index is 973. The zero-order valence-electron chi connectivity index (χ0n) is 13.6. The molecule has 3 rings (SSSR count). The minimum Gasteiger partial charge on any atom is -0.348 e. The zero-order valence-corrected chi connectivity index (χ0v) is 14.5. The van der Waals surface area contributed by atoms with E-state index in [9.17, 15) is 8.42 Å². The largest absolute Gasteiger partial charge is 0.348 e. The highest BCUT2D eigenvalue weighted by Crippen LogP contribution is 2.18. The SMILES string of the molecule is Cc1ccc(C)c(S(=O)(=O)NCc2nc(-c3cccn3C)no2)c1. The van der Waals surface area contributed by atoms with E-state index in [4.69, 9.17) is 4.52 Å². The van der Waals surface area contributed by atoms with Gasteiger partial charge in [0.05, 0.1) is 17.1 Å². The van der Waals surface area contributed by atoms with Crippen LogP contribution in [0.25, 0.3) is 11.5 Å². The fraction of sp³-hybridized carbons (Fsp3) is 0.250. The van der Waals surface area contributed by atoms with Crippen LogP contribution in [-0.4, -0.2) is 23.1 Å². The third-order valence-corrected chi connectivity index (χ3v) is 5.23. The average Bonchev–Trinajstić information content (AvgIpc) is 3.16. The van der Waals surface area contributed by atoms with Crippen LogP contribution >= 0.6 is 0 Å². The van der Waals surface area contributed by atoms with Gasteiger partial charge in [-0.25, -0.2) is 13.1 Å². The van der Waals surface area contributed by atoms with E-state index < -0.39 is 10.0 Å². The topological polar surface area (TPSA) is 90.0 Å². The van der Waals surface area contributed by atoms with Crippen molar-refractivity contribution in [1.82, 2.24) is 19.4 Å². The lowest BCUT2D eigenvalue weighted by atomic mass is 10.2. The van der Waals surface area contributed by atoms with Crippen molar-refractivity contribution in [2.24, 2.45) is 7.05 Å². The molecule has 0 aliphatic heterocycles. The van der Waals surface area contributed by atoms with Crippen LogP contribution in [0.15, 0.2) is 45.9 Å². The van der Waals surface area contributed by atoms with E-state index in [1.165, 1.54) is 0 Å². The summed E-state index contributed by atoms with van der Waals surface area (Å²) >= 11 is 0. The molecule has 0 amide bonds. The van der Waals surface area contributed by atoms with Crippen LogP contribution in [0.2, 0.25) is 0 Å². The van der Waals surface area contributed by atoms with Gasteiger partial charge in [0.15, 0.2) is 0 Å². The van der Waals surface area contributed by atoms with Crippen molar-refractivity contribution >= 4 is 10.0 Å². The van der Waals surface area contributed by atoms with Gasteiger partial charge >= 0.3 is 0 Å². The summed E-state index contributed by atoms with van der Waals surface area (Å²) in [4.78, 5) is 4.48. The van der Waals surface area contributed by atoms with Crippen molar-refractivity contribution in [3.05, 3.63) is 53.5 Å². The lowest BCUT2D eigenvalue weighted by Gasteiger charge is -2.08. The van der Waals surface area contributed by atoms with Crippen LogP contribution in [0.5, 0.6) is 0 Å². The molecule has 1 aromatic carbocycles. The Morgan fingerprint density at radius 3 is 2.75 bits per heavy atom. The predicted molar refractivity (Wildman–Crippen MR) is 88.6 cm³/mol. The number of sulfonamides is 1. The molecule has 3 aromatic rings. The van der Waals surface area contributed by atoms with Crippen LogP contribution in [0.4, 0.5) is 0 Å². The Balaban J connectivity index is 1.77. The molecule has 1 N–H and O–H groups in total. The van der Waals surface area contributed by atoms with Crippen LogP contribution in [-0.2, 0) is 23.6 Å². The van der Waals surface area contributed by atoms with Gasteiger partial charge in [-0.2, -0.15) is 4.98 Å². The van der Waals surface area contributed by atoms with Crippen molar-refractivity contribution in [3.63, 3.8) is 0 Å². The lowest BCUT2D eigenvalue weighted by Crippen LogP contribution is -2.24. The van der Waals surface area contributed by atoms with E-state index in [2.05, 4.69) is 14.9 Å². The van der Waals surface area contributed by atoms with Gasteiger partial charge in [0.2, 0.25) is 21.7 Å². The highest BCUT2D eigenvalue weighted by Gasteiger charge is 2.19. The normalized spacial score (nSPS) is 11.8. The first-order valence-electron chi connectivity index (χ1n) is 7.38. The molecule has 0 atom stereocenters. The first-order valence-corrected chi connectivity index (χ1v) is 8.86. The van der Waals surface area contributed by atoms with Crippen molar-refractivity contribution in [2.45, 2.75) is 25.3 Å². The number of rotatable bonds is 5. The number of hydrogen-bond donors (Lipinski definition) is 1. The summed E-state index contributed by atoms with van der Waals surface area (Å²) in [5.41, 5.74) is 2.36. The van der Waals surface area contributed by atoms with Crippen molar-refractivity contribution in [3.8, 4) is 11.5 Å². The Morgan fingerprint density at radius 1 is 1.25 bits per heavy atom. The van der Waals surface area contributed by atoms with Gasteiger partial charge in [-0.15, -0.1) is 0 Å². The maximum Gasteiger partial charge on any atom is 0.242 e. The van der Waals surface area contributed by atoms with Crippen molar-refractivity contribution < 1.29 is 12.9 Å². The quantitative estimate of drug-likeness (QED) is 0.765. The first kappa shape index (κ1) is 16.4. The number of aryl methyl sites for hydroxylation is 3. The standard InChI is InChI=1S/C16H18N4O3S/c1-11-6-7-12(2)14(9-11)24(21,22)17-10-15-18-16(19-23-15)13-5-4-8-20(13)3/h4-9,17H,10H2,1-3H3. The number of nitrogens with zero attached hydrogens (tertiary/aromatic N) is 3. The predicted octanol–water partition coefficient (Wildman–Crippen LogP) is 2.17. The molecule has 0 saturated carbocycles. The van der Waals surface area contributed by atoms with Crippen LogP contribution in [0.1, 0.15) is 17.0 Å². The van der Waals surface area contributed by atoms with Gasteiger partial charge in [-0.3, -0.25) is 0 Å². The molecule has 0 aliphatic carbocycles. The maximum absolute atomic E-state index is 12.5. The van der Waals surface area contributed by atoms with E-state index in [-0.39, 0.29) is 17.3 Å². The molecule has 0 unspecified atom stereocenters. The van der Waals surface area contributed by atoms with Gasteiger partial charge in [0.25, 0.3) is 0 Å². The highest BCUT2D eigenvalue weighted by molar-refractivity contribution is 7.89. The Hall–Kier alpha value is -2.45. The summed E-state index contributed by atoms with van der Waals surface area (Å²) in [5, 5.41) is 3.88. The second-order valence-electron chi connectivity index (χ2n) is 5.61. The molecule has 8 heteroatoms. The summed E-state index contributed by atoms with van der Waals surface area (Å²) in [6.07, 6.45) is 1.87. The third-order valence-electron chi connectivity index (χ3n) is 3.69. The molecule has 0 bridgehead atoms. The van der Waals surface area contributed by atoms with Gasteiger partial charge < -0.3 is 9.09 Å². The summed E-state index contributed by atoms with van der Waals surface area (Å²) in [6.45, 7) is 3.55. The van der Waals surface area contributed by atoms with E-state index in [0.717, 1.165) is 11.3 Å². The monoisotopic (exact) mass is 346 g/mol. The summed E-state index contributed by atoms with van der Waals surface area (Å²) < 4.78 is 34.4. The fourth-order valence-corrected chi connectivity index (χ4v) is 3.66. The van der Waals surface area contributed by atoms with Crippen molar-refractivity contribution in [2.75, 3.05) is 0 Å². The van der Waals surface area contributed by atoms with Crippen molar-refractivity contribution in [1.29, 1.82) is 0 Å². The van der Waals surface area contributed by atoms with Crippen LogP contribution in [0.3, 0.4) is 0 Å². The number of benzene rings is 1. The minimum atomic E-state index is -3.65. The Kier molecular flexibility index (Phi) is 4.25. The molecule has 2 aromatic heterocycles. The smallest absolute Gasteiger partial charge is 0.242 e. The fourth-order valence-electron chi connectivity index (χ4n) is 2.36. The van der Waals surface area contributed by atoms with E-state index in [1.54, 1.807) is 19.1 Å². The zero-order chi connectivity index (χ0) is 17.3. The highest BCUT2D eigenvalue weighted by atomic mass is 32.2. The Morgan fingerprint density at radius 2 is 2.04 bits per heavy atom. The summed E-state index contributed by atoms with van der Waals surface area (Å²) in [5.74, 6) is 0.628. The van der Waals surface area contributed by atoms with E-state index in [1.807, 2.05) is 42.9 Å². The number of nitrogens with one attached hydrogen (secondary N) is 1. The van der Waals surface area contributed by atoms with Gasteiger partial charge in [0.1, 0.15) is 0 Å². The first-order chi connectivity index (χ1) is 11.4. The van der Waals surface area contributed by atoms with E-state index in [0.29, 0.717) is 11.4 Å². The summed E-state index contributed by atoms with van der Waals surface area (Å²) in [7, 11) is -1.78. The number of hydrogen-bond acceptors (Lipinski definition) is 5. The average molecular weight is 346 g/mol. The third kappa shape index (κ3) is 3.24. The summed E-state index contributed by atoms with van der Waals surface area (Å²) in [6, 6.07) is 9.02. The molecule has 2 heterocycles. The molecular formula is C16H18N4O3S. The number of aromatic nitrogens is 3. The molecule has 7 nitrogen and oxygen atoms in total. The second-order valence-corrected chi connectivity index (χ2v) is 7.34. The van der Waals surface area contributed by atoms with E-state index >= 15 is 0 Å². The van der Waals surface area contributed by atoms with Gasteiger partial charge in [-0.1, -0.05) is 17.3 Å². The maximum atomic E-state index is 12.5. The lowest BCUT2D eigenvalue weighted by molar-refractivity contribution is 0.375. The molecule has 0 spiro atoms. The molecule has 126 valence electrons. The molecule has 0 saturated heterocycles. The molecule has 0 fully saturated rings. The van der Waals surface area contributed by atoms with Crippen LogP contribution < -0.4 is 4.72 Å². The molecule has 0 radical (unpaired) electrons. The Labute approximate surface area is 140 Å². The second kappa shape index (κ2) is 6.21. The minimum absolute atomic E-state index is 0.0624. The van der Waals surface area contributed by atoms with Gasteiger partial charge in [-0.05, 0) is 43.2 Å².